The average Bonchev–Trinajstić information content (AvgIpc) is 2.54. The topological polar surface area (TPSA) is 49.3 Å². The summed E-state index contributed by atoms with van der Waals surface area (Å²) in [5.74, 6) is 0.345. The van der Waals surface area contributed by atoms with Crippen LogP contribution in [0.15, 0.2) is 0 Å². The van der Waals surface area contributed by atoms with E-state index in [0.717, 1.165) is 12.8 Å². The van der Waals surface area contributed by atoms with Crippen molar-refractivity contribution in [1.82, 2.24) is 5.32 Å². The summed E-state index contributed by atoms with van der Waals surface area (Å²) in [5, 5.41) is 12.7. The van der Waals surface area contributed by atoms with Gasteiger partial charge in [-0.3, -0.25) is 4.79 Å². The minimum atomic E-state index is -0.352. The van der Waals surface area contributed by atoms with Gasteiger partial charge in [0.1, 0.15) is 0 Å². The van der Waals surface area contributed by atoms with Crippen molar-refractivity contribution < 1.29 is 9.90 Å². The molecule has 100 valence electrons. The number of hydrogen-bond donors (Lipinski definition) is 2. The molecule has 0 bridgehead atoms. The first-order valence-corrected chi connectivity index (χ1v) is 7.07. The summed E-state index contributed by atoms with van der Waals surface area (Å²) in [6, 6.07) is 0.376. The van der Waals surface area contributed by atoms with Crippen LogP contribution in [0.4, 0.5) is 0 Å². The molecule has 0 heterocycles. The predicted octanol–water partition coefficient (Wildman–Crippen LogP) is 2.62. The summed E-state index contributed by atoms with van der Waals surface area (Å²) in [6.07, 6.45) is 8.01. The van der Waals surface area contributed by atoms with Gasteiger partial charge in [-0.1, -0.05) is 39.5 Å². The molecular formula is C14H27NO2. The van der Waals surface area contributed by atoms with Gasteiger partial charge in [-0.15, -0.1) is 0 Å². The predicted molar refractivity (Wildman–Crippen MR) is 69.7 cm³/mol. The van der Waals surface area contributed by atoms with E-state index in [0.29, 0.717) is 18.9 Å². The number of carbonyl (C=O) groups is 1. The van der Waals surface area contributed by atoms with Gasteiger partial charge in [-0.2, -0.15) is 0 Å². The minimum Gasteiger partial charge on any atom is -0.393 e. The Kier molecular flexibility index (Phi) is 6.56. The maximum absolute atomic E-state index is 11.7. The van der Waals surface area contributed by atoms with E-state index in [2.05, 4.69) is 5.32 Å². The third-order valence-electron chi connectivity index (χ3n) is 3.66. The van der Waals surface area contributed by atoms with Crippen molar-refractivity contribution in [1.29, 1.82) is 0 Å². The fraction of sp³-hybridized carbons (Fsp3) is 0.929. The summed E-state index contributed by atoms with van der Waals surface area (Å²) < 4.78 is 0. The van der Waals surface area contributed by atoms with Gasteiger partial charge < -0.3 is 10.4 Å². The average molecular weight is 241 g/mol. The van der Waals surface area contributed by atoms with Gasteiger partial charge in [-0.05, 0) is 25.2 Å². The van der Waals surface area contributed by atoms with Crippen LogP contribution in [0.5, 0.6) is 0 Å². The number of carbonyl (C=O) groups excluding carboxylic acids is 1. The molecule has 1 atom stereocenters. The fourth-order valence-electron chi connectivity index (χ4n) is 2.34. The molecule has 0 spiro atoms. The van der Waals surface area contributed by atoms with Gasteiger partial charge in [0.05, 0.1) is 6.10 Å². The normalized spacial score (nSPS) is 20.0. The quantitative estimate of drug-likeness (QED) is 0.727. The number of aliphatic hydroxyl groups is 1. The third-order valence-corrected chi connectivity index (χ3v) is 3.66. The lowest BCUT2D eigenvalue weighted by Gasteiger charge is -2.18. The van der Waals surface area contributed by atoms with Crippen LogP contribution in [0.1, 0.15) is 65.2 Å². The Morgan fingerprint density at radius 2 is 1.82 bits per heavy atom. The van der Waals surface area contributed by atoms with Crippen molar-refractivity contribution in [3.63, 3.8) is 0 Å². The molecule has 0 aromatic carbocycles. The second-order valence-electron chi connectivity index (χ2n) is 5.61. The highest BCUT2D eigenvalue weighted by molar-refractivity contribution is 5.76. The second-order valence-corrected chi connectivity index (χ2v) is 5.61. The van der Waals surface area contributed by atoms with Gasteiger partial charge in [0.15, 0.2) is 0 Å². The summed E-state index contributed by atoms with van der Waals surface area (Å²) in [6.45, 7) is 3.96. The molecule has 1 aliphatic rings. The smallest absolute Gasteiger partial charge is 0.220 e. The minimum absolute atomic E-state index is 0.108. The van der Waals surface area contributed by atoms with Gasteiger partial charge in [0.25, 0.3) is 0 Å². The van der Waals surface area contributed by atoms with Crippen molar-refractivity contribution >= 4 is 5.91 Å². The molecule has 0 radical (unpaired) electrons. The molecule has 2 N–H and O–H groups in total. The summed E-state index contributed by atoms with van der Waals surface area (Å²) in [4.78, 5) is 11.7. The zero-order valence-corrected chi connectivity index (χ0v) is 11.2. The van der Waals surface area contributed by atoms with E-state index in [1.54, 1.807) is 0 Å². The fourth-order valence-corrected chi connectivity index (χ4v) is 2.34. The SMILES string of the molecule is CC(C)C(O)CCC(=O)NC1CCCCCC1. The monoisotopic (exact) mass is 241 g/mol. The van der Waals surface area contributed by atoms with Crippen LogP contribution in [-0.2, 0) is 4.79 Å². The molecule has 1 rings (SSSR count). The Bertz CT molecular complexity index is 220. The zero-order chi connectivity index (χ0) is 12.7. The lowest BCUT2D eigenvalue weighted by molar-refractivity contribution is -0.122. The van der Waals surface area contributed by atoms with Crippen molar-refractivity contribution in [2.45, 2.75) is 77.4 Å². The Morgan fingerprint density at radius 1 is 1.24 bits per heavy atom. The largest absolute Gasteiger partial charge is 0.393 e. The molecule has 0 aliphatic heterocycles. The van der Waals surface area contributed by atoms with Gasteiger partial charge in [0, 0.05) is 12.5 Å². The maximum atomic E-state index is 11.7. The molecule has 1 fully saturated rings. The van der Waals surface area contributed by atoms with E-state index >= 15 is 0 Å². The second kappa shape index (κ2) is 7.70. The number of aliphatic hydroxyl groups excluding tert-OH is 1. The number of rotatable bonds is 5. The first-order valence-electron chi connectivity index (χ1n) is 7.07. The van der Waals surface area contributed by atoms with Crippen molar-refractivity contribution in [3.05, 3.63) is 0 Å². The number of hydrogen-bond acceptors (Lipinski definition) is 2. The molecule has 0 saturated heterocycles. The van der Waals surface area contributed by atoms with E-state index in [-0.39, 0.29) is 17.9 Å². The molecular weight excluding hydrogens is 214 g/mol. The molecule has 0 aromatic rings. The molecule has 17 heavy (non-hydrogen) atoms. The number of nitrogens with one attached hydrogen (secondary N) is 1. The Morgan fingerprint density at radius 3 is 2.35 bits per heavy atom. The van der Waals surface area contributed by atoms with Crippen LogP contribution in [0.25, 0.3) is 0 Å². The van der Waals surface area contributed by atoms with Gasteiger partial charge in [-0.25, -0.2) is 0 Å². The number of amides is 1. The molecule has 1 saturated carbocycles. The van der Waals surface area contributed by atoms with Crippen LogP contribution in [-0.4, -0.2) is 23.2 Å². The highest BCUT2D eigenvalue weighted by atomic mass is 16.3. The molecule has 1 unspecified atom stereocenters. The first kappa shape index (κ1) is 14.5. The maximum Gasteiger partial charge on any atom is 0.220 e. The molecule has 1 aliphatic carbocycles. The van der Waals surface area contributed by atoms with Crippen molar-refractivity contribution in [2.24, 2.45) is 5.92 Å². The third kappa shape index (κ3) is 6.06. The Hall–Kier alpha value is -0.570. The van der Waals surface area contributed by atoms with E-state index < -0.39 is 0 Å². The van der Waals surface area contributed by atoms with E-state index in [4.69, 9.17) is 0 Å². The van der Waals surface area contributed by atoms with Crippen LogP contribution < -0.4 is 5.32 Å². The molecule has 3 heteroatoms. The lowest BCUT2D eigenvalue weighted by Crippen LogP contribution is -2.35. The van der Waals surface area contributed by atoms with Crippen LogP contribution in [0, 0.1) is 5.92 Å². The van der Waals surface area contributed by atoms with Crippen LogP contribution in [0.2, 0.25) is 0 Å². The summed E-state index contributed by atoms with van der Waals surface area (Å²) >= 11 is 0. The molecule has 1 amide bonds. The first-order chi connectivity index (χ1) is 8.09. The highest BCUT2D eigenvalue weighted by Crippen LogP contribution is 2.17. The van der Waals surface area contributed by atoms with E-state index in [9.17, 15) is 9.90 Å². The van der Waals surface area contributed by atoms with Crippen LogP contribution >= 0.6 is 0 Å². The standard InChI is InChI=1S/C14H27NO2/c1-11(2)13(16)9-10-14(17)15-12-7-5-3-4-6-8-12/h11-13,16H,3-10H2,1-2H3,(H,15,17). The molecule has 3 nitrogen and oxygen atoms in total. The van der Waals surface area contributed by atoms with E-state index in [1.165, 1.54) is 25.7 Å². The van der Waals surface area contributed by atoms with Crippen molar-refractivity contribution in [2.75, 3.05) is 0 Å². The Balaban J connectivity index is 2.19. The molecule has 0 aromatic heterocycles. The Labute approximate surface area is 105 Å². The highest BCUT2D eigenvalue weighted by Gasteiger charge is 2.16. The van der Waals surface area contributed by atoms with Crippen molar-refractivity contribution in [3.8, 4) is 0 Å². The summed E-state index contributed by atoms with van der Waals surface area (Å²) in [5.41, 5.74) is 0. The van der Waals surface area contributed by atoms with E-state index in [1.807, 2.05) is 13.8 Å². The lowest BCUT2D eigenvalue weighted by atomic mass is 10.0. The zero-order valence-electron chi connectivity index (χ0n) is 11.2. The summed E-state index contributed by atoms with van der Waals surface area (Å²) in [7, 11) is 0. The van der Waals surface area contributed by atoms with Gasteiger partial charge in [0.2, 0.25) is 5.91 Å². The van der Waals surface area contributed by atoms with Crippen LogP contribution in [0.3, 0.4) is 0 Å². The van der Waals surface area contributed by atoms with Gasteiger partial charge >= 0.3 is 0 Å².